The van der Waals surface area contributed by atoms with Crippen molar-refractivity contribution < 1.29 is 4.74 Å². The van der Waals surface area contributed by atoms with Gasteiger partial charge in [0.25, 0.3) is 0 Å². The van der Waals surface area contributed by atoms with Gasteiger partial charge in [-0.05, 0) is 25.0 Å². The molecule has 0 bridgehead atoms. The Labute approximate surface area is 159 Å². The number of para-hydroxylation sites is 2. The van der Waals surface area contributed by atoms with E-state index in [0.717, 1.165) is 11.5 Å². The molecule has 0 fully saturated rings. The molecule has 0 atom stereocenters. The summed E-state index contributed by atoms with van der Waals surface area (Å²) in [7, 11) is 0. The maximum atomic E-state index is 6.29. The van der Waals surface area contributed by atoms with E-state index in [1.54, 1.807) is 0 Å². The van der Waals surface area contributed by atoms with Crippen molar-refractivity contribution in [2.45, 2.75) is 83.5 Å². The van der Waals surface area contributed by atoms with E-state index in [-0.39, 0.29) is 5.41 Å². The van der Waals surface area contributed by atoms with Gasteiger partial charge < -0.3 is 4.74 Å². The van der Waals surface area contributed by atoms with Crippen molar-refractivity contribution in [3.63, 3.8) is 0 Å². The Balaban J connectivity index is 1.96. The van der Waals surface area contributed by atoms with Crippen molar-refractivity contribution >= 4 is 0 Å². The summed E-state index contributed by atoms with van der Waals surface area (Å²) < 4.78 is 6.29. The second kappa shape index (κ2) is 9.26. The van der Waals surface area contributed by atoms with Gasteiger partial charge >= 0.3 is 0 Å². The Morgan fingerprint density at radius 1 is 0.615 bits per heavy atom. The van der Waals surface area contributed by atoms with Crippen LogP contribution in [0, 0.1) is 0 Å². The Morgan fingerprint density at radius 2 is 1.08 bits per heavy atom. The van der Waals surface area contributed by atoms with Gasteiger partial charge in [0.1, 0.15) is 11.5 Å². The molecule has 1 aliphatic rings. The number of fused-ring (bicyclic) bond motifs is 2. The second-order valence-corrected chi connectivity index (χ2v) is 7.80. The molecule has 0 saturated heterocycles. The quantitative estimate of drug-likeness (QED) is 0.394. The van der Waals surface area contributed by atoms with E-state index >= 15 is 0 Å². The van der Waals surface area contributed by atoms with E-state index in [1.165, 1.54) is 75.3 Å². The molecule has 140 valence electrons. The molecule has 26 heavy (non-hydrogen) atoms. The van der Waals surface area contributed by atoms with E-state index in [2.05, 4.69) is 62.4 Å². The van der Waals surface area contributed by atoms with Crippen LogP contribution in [-0.4, -0.2) is 0 Å². The number of ether oxygens (including phenoxy) is 1. The lowest BCUT2D eigenvalue weighted by atomic mass is 9.66. The van der Waals surface area contributed by atoms with Crippen molar-refractivity contribution in [1.82, 2.24) is 0 Å². The van der Waals surface area contributed by atoms with Gasteiger partial charge in [0, 0.05) is 16.5 Å². The van der Waals surface area contributed by atoms with Gasteiger partial charge in [-0.25, -0.2) is 0 Å². The van der Waals surface area contributed by atoms with Crippen LogP contribution in [-0.2, 0) is 5.41 Å². The summed E-state index contributed by atoms with van der Waals surface area (Å²) in [6.07, 6.45) is 13.0. The Bertz CT molecular complexity index is 629. The van der Waals surface area contributed by atoms with Crippen LogP contribution in [0.2, 0.25) is 0 Å². The molecule has 2 aromatic rings. The number of benzene rings is 2. The predicted octanol–water partition coefficient (Wildman–Crippen LogP) is 8.02. The van der Waals surface area contributed by atoms with Crippen LogP contribution in [0.4, 0.5) is 0 Å². The second-order valence-electron chi connectivity index (χ2n) is 7.80. The maximum absolute atomic E-state index is 6.29. The van der Waals surface area contributed by atoms with Crippen molar-refractivity contribution in [3.8, 4) is 11.5 Å². The minimum atomic E-state index is 0.118. The summed E-state index contributed by atoms with van der Waals surface area (Å²) in [5, 5.41) is 0. The van der Waals surface area contributed by atoms with Crippen molar-refractivity contribution in [2.75, 3.05) is 0 Å². The SMILES string of the molecule is CCCCCCC1(CCCCCC)c2ccccc2Oc2ccccc21. The van der Waals surface area contributed by atoms with Crippen molar-refractivity contribution in [1.29, 1.82) is 0 Å². The average Bonchev–Trinajstić information content (AvgIpc) is 2.68. The van der Waals surface area contributed by atoms with Crippen LogP contribution in [0.3, 0.4) is 0 Å². The van der Waals surface area contributed by atoms with Crippen LogP contribution in [0.15, 0.2) is 48.5 Å². The topological polar surface area (TPSA) is 9.23 Å². The van der Waals surface area contributed by atoms with E-state index in [0.29, 0.717) is 0 Å². The minimum absolute atomic E-state index is 0.118. The van der Waals surface area contributed by atoms with Gasteiger partial charge in [-0.15, -0.1) is 0 Å². The van der Waals surface area contributed by atoms with Crippen LogP contribution in [0.5, 0.6) is 11.5 Å². The predicted molar refractivity (Wildman–Crippen MR) is 111 cm³/mol. The third-order valence-corrected chi connectivity index (χ3v) is 5.94. The highest BCUT2D eigenvalue weighted by molar-refractivity contribution is 5.57. The standard InChI is InChI=1S/C25H34O/c1-3-5-7-13-19-25(20-14-8-6-4-2)21-15-9-11-17-23(21)26-24-18-12-10-16-22(24)25/h9-12,15-18H,3-8,13-14,19-20H2,1-2H3. The van der Waals surface area contributed by atoms with Crippen molar-refractivity contribution in [2.24, 2.45) is 0 Å². The highest BCUT2D eigenvalue weighted by Gasteiger charge is 2.40. The molecule has 1 nitrogen and oxygen atoms in total. The van der Waals surface area contributed by atoms with Crippen LogP contribution in [0.25, 0.3) is 0 Å². The molecular weight excluding hydrogens is 316 g/mol. The lowest BCUT2D eigenvalue weighted by Crippen LogP contribution is -2.31. The molecule has 3 rings (SSSR count). The summed E-state index contributed by atoms with van der Waals surface area (Å²) in [6.45, 7) is 4.58. The first-order chi connectivity index (χ1) is 12.8. The maximum Gasteiger partial charge on any atom is 0.131 e. The number of hydrogen-bond donors (Lipinski definition) is 0. The highest BCUT2D eigenvalue weighted by atomic mass is 16.5. The average molecular weight is 351 g/mol. The summed E-state index contributed by atoms with van der Waals surface area (Å²) in [4.78, 5) is 0. The number of unbranched alkanes of at least 4 members (excludes halogenated alkanes) is 6. The van der Waals surface area contributed by atoms with E-state index in [4.69, 9.17) is 4.74 Å². The fourth-order valence-electron chi connectivity index (χ4n) is 4.54. The fourth-order valence-corrected chi connectivity index (χ4v) is 4.54. The Kier molecular flexibility index (Phi) is 6.77. The van der Waals surface area contributed by atoms with Crippen LogP contribution >= 0.6 is 0 Å². The van der Waals surface area contributed by atoms with Gasteiger partial charge in [-0.2, -0.15) is 0 Å². The van der Waals surface area contributed by atoms with E-state index < -0.39 is 0 Å². The van der Waals surface area contributed by atoms with Crippen LogP contribution < -0.4 is 4.74 Å². The zero-order chi connectivity index (χ0) is 18.2. The molecule has 0 spiro atoms. The van der Waals surface area contributed by atoms with Gasteiger partial charge in [0.2, 0.25) is 0 Å². The molecule has 0 aromatic heterocycles. The Morgan fingerprint density at radius 3 is 1.54 bits per heavy atom. The van der Waals surface area contributed by atoms with Gasteiger partial charge in [-0.3, -0.25) is 0 Å². The van der Waals surface area contributed by atoms with E-state index in [9.17, 15) is 0 Å². The highest BCUT2D eigenvalue weighted by Crippen LogP contribution is 2.53. The fraction of sp³-hybridized carbons (Fsp3) is 0.520. The first-order valence-electron chi connectivity index (χ1n) is 10.7. The van der Waals surface area contributed by atoms with Crippen molar-refractivity contribution in [3.05, 3.63) is 59.7 Å². The monoisotopic (exact) mass is 350 g/mol. The summed E-state index contributed by atoms with van der Waals surface area (Å²) in [5.74, 6) is 2.13. The molecule has 0 amide bonds. The molecule has 1 aliphatic heterocycles. The third kappa shape index (κ3) is 3.98. The van der Waals surface area contributed by atoms with E-state index in [1.807, 2.05) is 0 Å². The van der Waals surface area contributed by atoms with Crippen LogP contribution in [0.1, 0.15) is 89.2 Å². The summed E-state index contributed by atoms with van der Waals surface area (Å²) in [5.41, 5.74) is 2.94. The minimum Gasteiger partial charge on any atom is -0.457 e. The molecule has 0 saturated carbocycles. The normalized spacial score (nSPS) is 14.4. The van der Waals surface area contributed by atoms with Gasteiger partial charge in [-0.1, -0.05) is 102 Å². The first-order valence-corrected chi connectivity index (χ1v) is 10.7. The molecule has 1 heterocycles. The van der Waals surface area contributed by atoms with Gasteiger partial charge in [0.05, 0.1) is 0 Å². The lowest BCUT2D eigenvalue weighted by Gasteiger charge is -2.41. The Hall–Kier alpha value is -1.76. The zero-order valence-corrected chi connectivity index (χ0v) is 16.6. The number of rotatable bonds is 10. The number of hydrogen-bond acceptors (Lipinski definition) is 1. The molecule has 0 N–H and O–H groups in total. The first kappa shape index (κ1) is 19.0. The summed E-state index contributed by atoms with van der Waals surface area (Å²) >= 11 is 0. The molecule has 0 aliphatic carbocycles. The van der Waals surface area contributed by atoms with Gasteiger partial charge in [0.15, 0.2) is 0 Å². The molecule has 1 heteroatoms. The molecule has 0 radical (unpaired) electrons. The smallest absolute Gasteiger partial charge is 0.131 e. The third-order valence-electron chi connectivity index (χ3n) is 5.94. The zero-order valence-electron chi connectivity index (χ0n) is 16.6. The lowest BCUT2D eigenvalue weighted by molar-refractivity contribution is 0.337. The summed E-state index contributed by atoms with van der Waals surface area (Å²) in [6, 6.07) is 17.5. The molecule has 0 unspecified atom stereocenters. The molecule has 2 aromatic carbocycles. The molecular formula is C25H34O. The largest absolute Gasteiger partial charge is 0.457 e.